The molecule has 56 valence electrons. The molecule has 0 bridgehead atoms. The van der Waals surface area contributed by atoms with Gasteiger partial charge in [0.05, 0.1) is 12.0 Å². The molecule has 0 aliphatic carbocycles. The van der Waals surface area contributed by atoms with E-state index in [2.05, 4.69) is 4.98 Å². The summed E-state index contributed by atoms with van der Waals surface area (Å²) in [4.78, 5) is 4.03. The van der Waals surface area contributed by atoms with Gasteiger partial charge in [-0.3, -0.25) is 0 Å². The number of hydrogen-bond acceptors (Lipinski definition) is 2. The van der Waals surface area contributed by atoms with Crippen LogP contribution in [-0.4, -0.2) is 15.4 Å². The predicted molar refractivity (Wildman–Crippen MR) is 40.8 cm³/mol. The van der Waals surface area contributed by atoms with E-state index in [1.165, 1.54) is 0 Å². The molecule has 0 unspecified atom stereocenters. The Balaban J connectivity index is 2.59. The smallest absolute Gasteiger partial charge is 0.0950 e. The summed E-state index contributed by atoms with van der Waals surface area (Å²) < 4.78 is 1.93. The van der Waals surface area contributed by atoms with E-state index in [0.717, 1.165) is 12.2 Å². The maximum Gasteiger partial charge on any atom is 0.0950 e. The van der Waals surface area contributed by atoms with Crippen molar-refractivity contribution >= 4 is 11.6 Å². The second-order valence-corrected chi connectivity index (χ2v) is 2.37. The van der Waals surface area contributed by atoms with Crippen LogP contribution in [0.2, 0.25) is 0 Å². The minimum atomic E-state index is 0.495. The molecular weight excluding hydrogens is 150 g/mol. The third-order valence-electron chi connectivity index (χ3n) is 1.24. The number of imidazole rings is 1. The summed E-state index contributed by atoms with van der Waals surface area (Å²) in [5, 5.41) is 0. The molecule has 0 saturated carbocycles. The second-order valence-electron chi connectivity index (χ2n) is 2.00. The fourth-order valence-corrected chi connectivity index (χ4v) is 0.927. The van der Waals surface area contributed by atoms with E-state index in [0.29, 0.717) is 12.4 Å². The van der Waals surface area contributed by atoms with E-state index in [4.69, 9.17) is 17.3 Å². The van der Waals surface area contributed by atoms with Crippen molar-refractivity contribution in [3.05, 3.63) is 18.2 Å². The molecule has 0 aliphatic heterocycles. The van der Waals surface area contributed by atoms with Gasteiger partial charge in [0.25, 0.3) is 0 Å². The zero-order chi connectivity index (χ0) is 7.40. The van der Waals surface area contributed by atoms with Crippen molar-refractivity contribution in [3.63, 3.8) is 0 Å². The molecule has 1 rings (SSSR count). The van der Waals surface area contributed by atoms with Crippen LogP contribution in [-0.2, 0) is 13.1 Å². The van der Waals surface area contributed by atoms with Crippen LogP contribution < -0.4 is 5.73 Å². The van der Waals surface area contributed by atoms with Gasteiger partial charge < -0.3 is 10.3 Å². The van der Waals surface area contributed by atoms with Gasteiger partial charge in [-0.2, -0.15) is 0 Å². The average Bonchev–Trinajstić information content (AvgIpc) is 2.37. The van der Waals surface area contributed by atoms with Crippen molar-refractivity contribution in [2.75, 3.05) is 5.88 Å². The van der Waals surface area contributed by atoms with Gasteiger partial charge in [0.1, 0.15) is 0 Å². The minimum Gasteiger partial charge on any atom is -0.336 e. The van der Waals surface area contributed by atoms with Crippen LogP contribution in [0.4, 0.5) is 0 Å². The van der Waals surface area contributed by atoms with Crippen LogP contribution in [0.3, 0.4) is 0 Å². The molecule has 0 amide bonds. The monoisotopic (exact) mass is 159 g/mol. The summed E-state index contributed by atoms with van der Waals surface area (Å²) in [6, 6.07) is 0. The fraction of sp³-hybridized carbons (Fsp3) is 0.500. The summed E-state index contributed by atoms with van der Waals surface area (Å²) >= 11 is 5.51. The lowest BCUT2D eigenvalue weighted by Crippen LogP contribution is -1.97. The van der Waals surface area contributed by atoms with Gasteiger partial charge >= 0.3 is 0 Å². The molecule has 0 radical (unpaired) electrons. The number of aryl methyl sites for hydroxylation is 1. The SMILES string of the molecule is NCc1cn(CCCl)cn1. The van der Waals surface area contributed by atoms with Crippen molar-refractivity contribution in [3.8, 4) is 0 Å². The first kappa shape index (κ1) is 7.57. The van der Waals surface area contributed by atoms with Crippen molar-refractivity contribution in [2.24, 2.45) is 5.73 Å². The first-order chi connectivity index (χ1) is 4.86. The van der Waals surface area contributed by atoms with Crippen molar-refractivity contribution in [1.29, 1.82) is 0 Å². The molecule has 0 spiro atoms. The summed E-state index contributed by atoms with van der Waals surface area (Å²) in [5.74, 6) is 0.611. The van der Waals surface area contributed by atoms with E-state index < -0.39 is 0 Å². The van der Waals surface area contributed by atoms with Gasteiger partial charge in [-0.05, 0) is 0 Å². The Morgan fingerprint density at radius 2 is 2.50 bits per heavy atom. The van der Waals surface area contributed by atoms with Gasteiger partial charge in [0.2, 0.25) is 0 Å². The zero-order valence-electron chi connectivity index (χ0n) is 5.63. The summed E-state index contributed by atoms with van der Waals surface area (Å²) in [7, 11) is 0. The Hall–Kier alpha value is -0.540. The van der Waals surface area contributed by atoms with Crippen LogP contribution in [0.1, 0.15) is 5.69 Å². The Labute approximate surface area is 64.8 Å². The molecule has 10 heavy (non-hydrogen) atoms. The highest BCUT2D eigenvalue weighted by Gasteiger charge is 1.93. The van der Waals surface area contributed by atoms with Gasteiger partial charge in [-0.25, -0.2) is 4.98 Å². The van der Waals surface area contributed by atoms with Crippen LogP contribution in [0.5, 0.6) is 0 Å². The number of rotatable bonds is 3. The molecule has 1 heterocycles. The highest BCUT2D eigenvalue weighted by Crippen LogP contribution is 1.94. The number of halogens is 1. The maximum atomic E-state index is 5.51. The molecule has 3 nitrogen and oxygen atoms in total. The second kappa shape index (κ2) is 3.58. The lowest BCUT2D eigenvalue weighted by molar-refractivity contribution is 0.766. The minimum absolute atomic E-state index is 0.495. The summed E-state index contributed by atoms with van der Waals surface area (Å²) in [5.41, 5.74) is 6.26. The average molecular weight is 160 g/mol. The topological polar surface area (TPSA) is 43.8 Å². The Morgan fingerprint density at radius 3 is 3.00 bits per heavy atom. The molecule has 4 heteroatoms. The molecule has 0 atom stereocenters. The highest BCUT2D eigenvalue weighted by atomic mass is 35.5. The van der Waals surface area contributed by atoms with Gasteiger partial charge in [0, 0.05) is 25.2 Å². The standard InChI is InChI=1S/C6H10ClN3/c7-1-2-10-4-6(3-8)9-5-10/h4-5H,1-3,8H2. The van der Waals surface area contributed by atoms with Crippen LogP contribution in [0, 0.1) is 0 Å². The maximum absolute atomic E-state index is 5.51. The van der Waals surface area contributed by atoms with E-state index >= 15 is 0 Å². The lowest BCUT2D eigenvalue weighted by Gasteiger charge is -1.93. The normalized spacial score (nSPS) is 10.2. The molecule has 0 aromatic carbocycles. The Morgan fingerprint density at radius 1 is 1.70 bits per heavy atom. The van der Waals surface area contributed by atoms with E-state index in [-0.39, 0.29) is 0 Å². The number of nitrogens with two attached hydrogens (primary N) is 1. The summed E-state index contributed by atoms with van der Waals surface area (Å²) in [6.07, 6.45) is 3.65. The Kier molecular flexibility index (Phi) is 2.71. The predicted octanol–water partition coefficient (Wildman–Crippen LogP) is 0.581. The number of hydrogen-bond donors (Lipinski definition) is 1. The molecule has 2 N–H and O–H groups in total. The van der Waals surface area contributed by atoms with Crippen molar-refractivity contribution < 1.29 is 0 Å². The zero-order valence-corrected chi connectivity index (χ0v) is 6.38. The van der Waals surface area contributed by atoms with E-state index in [1.807, 2.05) is 10.8 Å². The highest BCUT2D eigenvalue weighted by molar-refractivity contribution is 6.17. The third-order valence-corrected chi connectivity index (χ3v) is 1.41. The quantitative estimate of drug-likeness (QED) is 0.656. The van der Waals surface area contributed by atoms with Crippen molar-refractivity contribution in [2.45, 2.75) is 13.1 Å². The number of aromatic nitrogens is 2. The Bertz CT molecular complexity index is 197. The van der Waals surface area contributed by atoms with Crippen LogP contribution >= 0.6 is 11.6 Å². The first-order valence-corrected chi connectivity index (χ1v) is 3.67. The number of alkyl halides is 1. The molecule has 0 fully saturated rings. The van der Waals surface area contributed by atoms with E-state index in [9.17, 15) is 0 Å². The molecular formula is C6H10ClN3. The van der Waals surface area contributed by atoms with Gasteiger partial charge in [-0.15, -0.1) is 11.6 Å². The summed E-state index contributed by atoms with van der Waals surface area (Å²) in [6.45, 7) is 1.30. The molecule has 0 aliphatic rings. The molecule has 0 saturated heterocycles. The molecule has 1 aromatic heterocycles. The third kappa shape index (κ3) is 1.72. The number of nitrogens with zero attached hydrogens (tertiary/aromatic N) is 2. The van der Waals surface area contributed by atoms with Crippen LogP contribution in [0.25, 0.3) is 0 Å². The van der Waals surface area contributed by atoms with Crippen molar-refractivity contribution in [1.82, 2.24) is 9.55 Å². The largest absolute Gasteiger partial charge is 0.336 e. The molecule has 1 aromatic rings. The van der Waals surface area contributed by atoms with Crippen LogP contribution in [0.15, 0.2) is 12.5 Å². The first-order valence-electron chi connectivity index (χ1n) is 3.13. The van der Waals surface area contributed by atoms with Gasteiger partial charge in [-0.1, -0.05) is 0 Å². The lowest BCUT2D eigenvalue weighted by atomic mass is 10.5. The van der Waals surface area contributed by atoms with E-state index in [1.54, 1.807) is 6.33 Å². The fourth-order valence-electron chi connectivity index (χ4n) is 0.732. The van der Waals surface area contributed by atoms with Gasteiger partial charge in [0.15, 0.2) is 0 Å².